The minimum Gasteiger partial charge on any atom is -0.457 e. The molecule has 2 fully saturated rings. The molecule has 14 nitrogen and oxygen atoms in total. The molecule has 15 heteroatoms. The van der Waals surface area contributed by atoms with Gasteiger partial charge in [0.25, 0.3) is 21.6 Å². The zero-order valence-corrected chi connectivity index (χ0v) is 35.4. The number of hydrogen-bond acceptors (Lipinski definition) is 11. The number of para-hydroxylation sites is 2. The highest BCUT2D eigenvalue weighted by molar-refractivity contribution is 7.90. The summed E-state index contributed by atoms with van der Waals surface area (Å²) in [5.41, 5.74) is 3.53. The molecular formula is C48H48N6O8S. The third-order valence-electron chi connectivity index (χ3n) is 12.2. The summed E-state index contributed by atoms with van der Waals surface area (Å²) in [5.74, 6) is 1.48. The van der Waals surface area contributed by atoms with E-state index in [9.17, 15) is 23.3 Å². The Morgan fingerprint density at radius 3 is 2.52 bits per heavy atom. The monoisotopic (exact) mass is 868 g/mol. The van der Waals surface area contributed by atoms with E-state index in [-0.39, 0.29) is 29.0 Å². The number of nitro benzene ring substituents is 1. The maximum Gasteiger partial charge on any atom is 0.293 e. The smallest absolute Gasteiger partial charge is 0.293 e. The third-order valence-corrected chi connectivity index (χ3v) is 13.5. The number of sulfonamides is 1. The average molecular weight is 869 g/mol. The van der Waals surface area contributed by atoms with Crippen LogP contribution in [0.25, 0.3) is 16.6 Å². The van der Waals surface area contributed by atoms with Gasteiger partial charge in [-0.15, -0.1) is 0 Å². The fourth-order valence-corrected chi connectivity index (χ4v) is 9.91. The second kappa shape index (κ2) is 18.4. The van der Waals surface area contributed by atoms with Gasteiger partial charge >= 0.3 is 0 Å². The van der Waals surface area contributed by atoms with Crippen LogP contribution in [0.15, 0.2) is 126 Å². The van der Waals surface area contributed by atoms with Crippen molar-refractivity contribution in [2.45, 2.75) is 61.9 Å². The van der Waals surface area contributed by atoms with Crippen molar-refractivity contribution in [3.05, 3.63) is 148 Å². The molecule has 2 aliphatic heterocycles. The highest BCUT2D eigenvalue weighted by Gasteiger charge is 2.34. The van der Waals surface area contributed by atoms with Gasteiger partial charge in [-0.05, 0) is 123 Å². The summed E-state index contributed by atoms with van der Waals surface area (Å²) in [4.78, 5) is 35.1. The summed E-state index contributed by atoms with van der Waals surface area (Å²) < 4.78 is 47.6. The molecular weight excluding hydrogens is 821 g/mol. The zero-order chi connectivity index (χ0) is 43.3. The van der Waals surface area contributed by atoms with Crippen LogP contribution in [0.4, 0.5) is 11.4 Å². The van der Waals surface area contributed by atoms with Gasteiger partial charge in [0.05, 0.1) is 21.6 Å². The highest BCUT2D eigenvalue weighted by atomic mass is 32.2. The average Bonchev–Trinajstić information content (AvgIpc) is 3.99. The first kappa shape index (κ1) is 41.8. The molecule has 0 bridgehead atoms. The topological polar surface area (TPSA) is 178 Å². The van der Waals surface area contributed by atoms with Crippen molar-refractivity contribution in [1.82, 2.24) is 19.6 Å². The predicted molar refractivity (Wildman–Crippen MR) is 240 cm³/mol. The van der Waals surface area contributed by atoms with Crippen molar-refractivity contribution in [3.8, 4) is 23.0 Å². The molecule has 3 aliphatic rings. The molecule has 3 N–H and O–H groups in total. The van der Waals surface area contributed by atoms with Gasteiger partial charge in [0.2, 0.25) is 0 Å². The van der Waals surface area contributed by atoms with E-state index in [1.807, 2.05) is 48.5 Å². The lowest BCUT2D eigenvalue weighted by Crippen LogP contribution is -2.35. The van der Waals surface area contributed by atoms with Crippen molar-refractivity contribution in [1.29, 1.82) is 0 Å². The Hall–Kier alpha value is -6.55. The molecule has 0 radical (unpaired) electrons. The number of nitro groups is 1. The fraction of sp³-hybridized carbons (Fsp3) is 0.292. The van der Waals surface area contributed by atoms with E-state index in [0.29, 0.717) is 37.2 Å². The van der Waals surface area contributed by atoms with E-state index in [2.05, 4.69) is 43.1 Å². The van der Waals surface area contributed by atoms with Crippen LogP contribution < -0.4 is 19.5 Å². The number of fused-ring (bicyclic) bond motifs is 1. The molecule has 63 heavy (non-hydrogen) atoms. The number of aromatic amines is 1. The lowest BCUT2D eigenvalue weighted by Gasteiger charge is -2.36. The number of H-pyrrole nitrogens is 1. The number of likely N-dealkylation sites (tertiary alicyclic amines) is 1. The Morgan fingerprint density at radius 2 is 1.71 bits per heavy atom. The number of anilines is 1. The van der Waals surface area contributed by atoms with Gasteiger partial charge in [-0.1, -0.05) is 48.5 Å². The number of carbonyl (C=O) groups is 1. The zero-order valence-electron chi connectivity index (χ0n) is 34.6. The van der Waals surface area contributed by atoms with Crippen molar-refractivity contribution < 1.29 is 32.3 Å². The van der Waals surface area contributed by atoms with Crippen LogP contribution in [-0.2, 0) is 14.8 Å². The Morgan fingerprint density at radius 1 is 0.905 bits per heavy atom. The lowest BCUT2D eigenvalue weighted by molar-refractivity contribution is -0.384. The molecule has 2 atom stereocenters. The number of allylic oxidation sites excluding steroid dienone is 1. The molecule has 2 unspecified atom stereocenters. The Bertz CT molecular complexity index is 2770. The molecule has 0 spiro atoms. The van der Waals surface area contributed by atoms with E-state index >= 15 is 0 Å². The SMILES string of the molecule is O=C(NS(=O)(=O)c1ccc(NCC2CCOCC2)c([N+](=O)[O-])c1)c1ccc(C2=CCC(N3CCCC3c3ccccc3Oc3ccccc3)CC2)cc1Oc1cnc2[nH]ccc2c1. The standard InChI is InChI=1S/C48H48N6O8S/c55-48(52-63(58,59)39-17-19-42(44(29-39)54(56)57)50-30-32-21-25-60-26-22-32)41-18-14-34(28-46(41)62-38-27-35-20-23-49-47(35)51-31-38)33-12-15-36(16-13-33)53-24-6-10-43(53)40-9-4-5-11-45(40)61-37-7-2-1-3-8-37/h1-5,7-9,11-12,14,17-20,23,27-29,31-32,36,43,50H,6,10,13,15-16,21-22,24-26,30H2,(H,49,51)(H,52,55). The minimum atomic E-state index is -4.56. The summed E-state index contributed by atoms with van der Waals surface area (Å²) in [6, 6.07) is 31.0. The van der Waals surface area contributed by atoms with Gasteiger partial charge in [-0.2, -0.15) is 0 Å². The van der Waals surface area contributed by atoms with Gasteiger partial charge in [0, 0.05) is 55.1 Å². The van der Waals surface area contributed by atoms with E-state index in [4.69, 9.17) is 14.2 Å². The van der Waals surface area contributed by atoms with Crippen LogP contribution in [0.1, 0.15) is 72.5 Å². The number of benzene rings is 4. The van der Waals surface area contributed by atoms with Gasteiger partial charge in [-0.25, -0.2) is 18.1 Å². The van der Waals surface area contributed by atoms with Crippen molar-refractivity contribution in [2.75, 3.05) is 31.6 Å². The molecule has 1 amide bonds. The molecule has 2 saturated heterocycles. The van der Waals surface area contributed by atoms with Crippen LogP contribution in [0.3, 0.4) is 0 Å². The predicted octanol–water partition coefficient (Wildman–Crippen LogP) is 9.79. The van der Waals surface area contributed by atoms with Gasteiger partial charge < -0.3 is 24.5 Å². The summed E-state index contributed by atoms with van der Waals surface area (Å²) in [6.45, 7) is 2.73. The summed E-state index contributed by atoms with van der Waals surface area (Å²) in [6.07, 6.45) is 11.9. The lowest BCUT2D eigenvalue weighted by atomic mass is 9.88. The first-order chi connectivity index (χ1) is 30.7. The number of ether oxygens (including phenoxy) is 3. The van der Waals surface area contributed by atoms with E-state index in [0.717, 1.165) is 85.6 Å². The first-order valence-corrected chi connectivity index (χ1v) is 22.9. The fourth-order valence-electron chi connectivity index (χ4n) is 8.92. The largest absolute Gasteiger partial charge is 0.457 e. The second-order valence-electron chi connectivity index (χ2n) is 16.2. The molecule has 6 aromatic rings. The van der Waals surface area contributed by atoms with E-state index < -0.39 is 31.4 Å². The van der Waals surface area contributed by atoms with Crippen LogP contribution in [0, 0.1) is 16.0 Å². The van der Waals surface area contributed by atoms with Crippen LogP contribution in [-0.4, -0.2) is 66.5 Å². The quantitative estimate of drug-likeness (QED) is 0.0701. The minimum absolute atomic E-state index is 0.0358. The summed E-state index contributed by atoms with van der Waals surface area (Å²) >= 11 is 0. The molecule has 4 aromatic carbocycles. The number of nitrogens with zero attached hydrogens (tertiary/aromatic N) is 3. The molecule has 0 saturated carbocycles. The maximum atomic E-state index is 14.0. The number of amides is 1. The highest BCUT2D eigenvalue weighted by Crippen LogP contribution is 2.43. The van der Waals surface area contributed by atoms with Crippen molar-refractivity contribution in [3.63, 3.8) is 0 Å². The van der Waals surface area contributed by atoms with Crippen LogP contribution in [0.5, 0.6) is 23.0 Å². The Labute approximate surface area is 365 Å². The summed E-state index contributed by atoms with van der Waals surface area (Å²) in [7, 11) is -4.56. The Balaban J connectivity index is 0.946. The van der Waals surface area contributed by atoms with Crippen LogP contribution in [0.2, 0.25) is 0 Å². The Kier molecular flexibility index (Phi) is 12.2. The van der Waals surface area contributed by atoms with E-state index in [1.165, 1.54) is 23.9 Å². The summed E-state index contributed by atoms with van der Waals surface area (Å²) in [5, 5.41) is 16.0. The molecule has 4 heterocycles. The van der Waals surface area contributed by atoms with Crippen molar-refractivity contribution >= 4 is 43.9 Å². The molecule has 1 aliphatic carbocycles. The first-order valence-electron chi connectivity index (χ1n) is 21.4. The number of aromatic nitrogens is 2. The maximum absolute atomic E-state index is 14.0. The number of nitrogens with one attached hydrogen (secondary N) is 3. The molecule has 324 valence electrons. The molecule has 9 rings (SSSR count). The van der Waals surface area contributed by atoms with Crippen molar-refractivity contribution in [2.24, 2.45) is 5.92 Å². The number of rotatable bonds is 14. The molecule has 2 aromatic heterocycles. The van der Waals surface area contributed by atoms with Gasteiger partial charge in [0.1, 0.15) is 34.3 Å². The number of carbonyl (C=O) groups excluding carboxylic acids is 1. The van der Waals surface area contributed by atoms with Crippen LogP contribution >= 0.6 is 0 Å². The second-order valence-corrected chi connectivity index (χ2v) is 17.9. The number of pyridine rings is 1. The third kappa shape index (κ3) is 9.45. The number of hydrogen-bond donors (Lipinski definition) is 3. The van der Waals surface area contributed by atoms with Gasteiger partial charge in [0.15, 0.2) is 0 Å². The van der Waals surface area contributed by atoms with Gasteiger partial charge in [-0.3, -0.25) is 19.8 Å². The van der Waals surface area contributed by atoms with E-state index in [1.54, 1.807) is 30.5 Å². The normalized spacial score (nSPS) is 18.4.